The summed E-state index contributed by atoms with van der Waals surface area (Å²) in [4.78, 5) is 25.3. The maximum atomic E-state index is 10.5. The lowest BCUT2D eigenvalue weighted by Crippen LogP contribution is -2.02. The highest BCUT2D eigenvalue weighted by molar-refractivity contribution is 6.27. The van der Waals surface area contributed by atoms with Crippen LogP contribution in [0.15, 0.2) is 5.16 Å². The first-order valence-electron chi connectivity index (χ1n) is 3.34. The maximum absolute atomic E-state index is 10.5. The zero-order valence-corrected chi connectivity index (χ0v) is 6.66. The monoisotopic (exact) mass is 157 g/mol. The molecule has 4 nitrogen and oxygen atoms in total. The predicted octanol–water partition coefficient (Wildman–Crippen LogP) is 0.557. The van der Waals surface area contributed by atoms with E-state index >= 15 is 0 Å². The van der Waals surface area contributed by atoms with Gasteiger partial charge in [0.2, 0.25) is 0 Å². The first kappa shape index (κ1) is 9.81. The van der Waals surface area contributed by atoms with Crippen LogP contribution in [0.25, 0.3) is 0 Å². The molecule has 11 heavy (non-hydrogen) atoms. The second-order valence-electron chi connectivity index (χ2n) is 2.03. The molecule has 0 bridgehead atoms. The van der Waals surface area contributed by atoms with Crippen molar-refractivity contribution in [1.82, 2.24) is 0 Å². The molecule has 0 rings (SSSR count). The molecule has 0 aromatic rings. The van der Waals surface area contributed by atoms with E-state index in [4.69, 9.17) is 0 Å². The van der Waals surface area contributed by atoms with Crippen molar-refractivity contribution < 1.29 is 14.4 Å². The molecule has 0 aromatic carbocycles. The van der Waals surface area contributed by atoms with Gasteiger partial charge in [0.25, 0.3) is 0 Å². The van der Waals surface area contributed by atoms with Gasteiger partial charge in [-0.05, 0) is 6.92 Å². The topological polar surface area (TPSA) is 55.7 Å². The second kappa shape index (κ2) is 5.58. The van der Waals surface area contributed by atoms with Gasteiger partial charge in [-0.3, -0.25) is 9.59 Å². The van der Waals surface area contributed by atoms with Gasteiger partial charge in [0.1, 0.15) is 6.21 Å². The normalized spacial score (nSPS) is 10.0. The van der Waals surface area contributed by atoms with Crippen molar-refractivity contribution in [2.24, 2.45) is 5.16 Å². The number of ketones is 2. The van der Waals surface area contributed by atoms with Gasteiger partial charge in [0.15, 0.2) is 18.2 Å². The van der Waals surface area contributed by atoms with Crippen molar-refractivity contribution in [3.05, 3.63) is 0 Å². The number of carbonyl (C=O) groups is 2. The molecule has 0 aliphatic heterocycles. The fourth-order valence-electron chi connectivity index (χ4n) is 0.316. The minimum atomic E-state index is -0.119. The van der Waals surface area contributed by atoms with Crippen molar-refractivity contribution >= 4 is 17.8 Å². The third-order valence-electron chi connectivity index (χ3n) is 0.888. The van der Waals surface area contributed by atoms with E-state index in [0.717, 1.165) is 6.21 Å². The van der Waals surface area contributed by atoms with Gasteiger partial charge < -0.3 is 4.84 Å². The molecule has 0 radical (unpaired) electrons. The van der Waals surface area contributed by atoms with Crippen molar-refractivity contribution in [2.75, 3.05) is 6.61 Å². The lowest BCUT2D eigenvalue weighted by molar-refractivity contribution is -0.121. The average Bonchev–Trinajstić information content (AvgIpc) is 1.97. The first-order chi connectivity index (χ1) is 5.16. The Morgan fingerprint density at radius 1 is 1.55 bits per heavy atom. The number of Topliss-reactive ketones (excluding diaryl/α,β-unsaturated/α-hetero) is 2. The van der Waals surface area contributed by atoms with Gasteiger partial charge in [-0.25, -0.2) is 0 Å². The minimum Gasteiger partial charge on any atom is -0.388 e. The van der Waals surface area contributed by atoms with Gasteiger partial charge in [0, 0.05) is 6.42 Å². The Morgan fingerprint density at radius 2 is 2.18 bits per heavy atom. The molecule has 0 aliphatic carbocycles. The van der Waals surface area contributed by atoms with Crippen LogP contribution in [0.5, 0.6) is 0 Å². The van der Waals surface area contributed by atoms with Crippen LogP contribution >= 0.6 is 0 Å². The summed E-state index contributed by atoms with van der Waals surface area (Å²) in [6.07, 6.45) is 1.47. The molecular weight excluding hydrogens is 146 g/mol. The SMILES string of the molecule is CCC(=O)/C=N\OCC(C)=O. The largest absolute Gasteiger partial charge is 0.388 e. The molecule has 62 valence electrons. The molecule has 0 amide bonds. The average molecular weight is 157 g/mol. The van der Waals surface area contributed by atoms with Crippen LogP contribution < -0.4 is 0 Å². The zero-order chi connectivity index (χ0) is 8.69. The standard InChI is InChI=1S/C7H11NO3/c1-3-7(10)4-8-11-5-6(2)9/h4H,3,5H2,1-2H3/b8-4-. The lowest BCUT2D eigenvalue weighted by atomic mass is 10.3. The molecule has 0 N–H and O–H groups in total. The molecule has 0 aromatic heterocycles. The number of hydrogen-bond donors (Lipinski definition) is 0. The molecule has 0 atom stereocenters. The number of hydrogen-bond acceptors (Lipinski definition) is 4. The highest BCUT2D eigenvalue weighted by Crippen LogP contribution is 1.79. The molecule has 0 unspecified atom stereocenters. The Balaban J connectivity index is 3.45. The van der Waals surface area contributed by atoms with Crippen LogP contribution in [-0.4, -0.2) is 24.4 Å². The smallest absolute Gasteiger partial charge is 0.176 e. The number of carbonyl (C=O) groups excluding carboxylic acids is 2. The summed E-state index contributed by atoms with van der Waals surface area (Å²) < 4.78 is 0. The van der Waals surface area contributed by atoms with E-state index in [-0.39, 0.29) is 18.2 Å². The van der Waals surface area contributed by atoms with Crippen LogP contribution in [0.2, 0.25) is 0 Å². The van der Waals surface area contributed by atoms with Crippen LogP contribution in [0, 0.1) is 0 Å². The van der Waals surface area contributed by atoms with Crippen molar-refractivity contribution in [3.63, 3.8) is 0 Å². The molecule has 0 spiro atoms. The molecule has 4 heteroatoms. The van der Waals surface area contributed by atoms with E-state index < -0.39 is 0 Å². The highest BCUT2D eigenvalue weighted by atomic mass is 16.6. The quantitative estimate of drug-likeness (QED) is 0.432. The Kier molecular flexibility index (Phi) is 4.98. The molecule has 0 saturated carbocycles. The summed E-state index contributed by atoms with van der Waals surface area (Å²) in [5.41, 5.74) is 0. The second-order valence-corrected chi connectivity index (χ2v) is 2.03. The number of nitrogens with zero attached hydrogens (tertiary/aromatic N) is 1. The van der Waals surface area contributed by atoms with Gasteiger partial charge in [0.05, 0.1) is 0 Å². The molecule has 0 aliphatic rings. The van der Waals surface area contributed by atoms with Crippen LogP contribution in [0.3, 0.4) is 0 Å². The maximum Gasteiger partial charge on any atom is 0.176 e. The van der Waals surface area contributed by atoms with Crippen molar-refractivity contribution in [1.29, 1.82) is 0 Å². The van der Waals surface area contributed by atoms with Gasteiger partial charge in [-0.2, -0.15) is 0 Å². The number of rotatable bonds is 5. The Hall–Kier alpha value is -1.19. The zero-order valence-electron chi connectivity index (χ0n) is 6.66. The fraction of sp³-hybridized carbons (Fsp3) is 0.571. The molecule has 0 fully saturated rings. The summed E-state index contributed by atoms with van der Waals surface area (Å²) in [7, 11) is 0. The van der Waals surface area contributed by atoms with Gasteiger partial charge >= 0.3 is 0 Å². The summed E-state index contributed by atoms with van der Waals surface area (Å²) in [6, 6.07) is 0. The summed E-state index contributed by atoms with van der Waals surface area (Å²) in [5, 5.41) is 3.29. The van der Waals surface area contributed by atoms with E-state index in [0.29, 0.717) is 6.42 Å². The van der Waals surface area contributed by atoms with Crippen LogP contribution in [0.4, 0.5) is 0 Å². The van der Waals surface area contributed by atoms with Crippen molar-refractivity contribution in [2.45, 2.75) is 20.3 Å². The van der Waals surface area contributed by atoms with Crippen molar-refractivity contribution in [3.8, 4) is 0 Å². The van der Waals surface area contributed by atoms with Crippen LogP contribution in [-0.2, 0) is 14.4 Å². The Morgan fingerprint density at radius 3 is 2.64 bits per heavy atom. The summed E-state index contributed by atoms with van der Waals surface area (Å²) in [5.74, 6) is -0.236. The van der Waals surface area contributed by atoms with E-state index in [9.17, 15) is 9.59 Å². The van der Waals surface area contributed by atoms with Gasteiger partial charge in [-0.1, -0.05) is 12.1 Å². The third kappa shape index (κ3) is 6.70. The lowest BCUT2D eigenvalue weighted by Gasteiger charge is -1.91. The van der Waals surface area contributed by atoms with E-state index in [1.54, 1.807) is 6.92 Å². The summed E-state index contributed by atoms with van der Waals surface area (Å²) in [6.45, 7) is 3.03. The van der Waals surface area contributed by atoms with E-state index in [1.165, 1.54) is 6.92 Å². The van der Waals surface area contributed by atoms with E-state index in [1.807, 2.05) is 0 Å². The molecule has 0 heterocycles. The Bertz CT molecular complexity index is 175. The van der Waals surface area contributed by atoms with E-state index in [2.05, 4.69) is 9.99 Å². The Labute approximate surface area is 65.2 Å². The fourth-order valence-corrected chi connectivity index (χ4v) is 0.316. The predicted molar refractivity (Wildman–Crippen MR) is 40.4 cm³/mol. The first-order valence-corrected chi connectivity index (χ1v) is 3.34. The highest BCUT2D eigenvalue weighted by Gasteiger charge is 1.92. The molecule has 0 saturated heterocycles. The molecular formula is C7H11NO3. The minimum absolute atomic E-state index is 0.0759. The summed E-state index contributed by atoms with van der Waals surface area (Å²) >= 11 is 0. The third-order valence-corrected chi connectivity index (χ3v) is 0.888. The number of oxime groups is 1. The van der Waals surface area contributed by atoms with Crippen LogP contribution in [0.1, 0.15) is 20.3 Å². The van der Waals surface area contributed by atoms with Gasteiger partial charge in [-0.15, -0.1) is 0 Å².